The Morgan fingerprint density at radius 1 is 0.852 bits per heavy atom. The number of carbonyl (C=O) groups excluding carboxylic acids is 1. The van der Waals surface area contributed by atoms with Crippen LogP contribution in [0.5, 0.6) is 17.2 Å². The van der Waals surface area contributed by atoms with E-state index < -0.39 is 0 Å². The molecule has 0 saturated heterocycles. The maximum Gasteiger partial charge on any atom is 0.197 e. The van der Waals surface area contributed by atoms with E-state index in [4.69, 9.17) is 14.2 Å². The van der Waals surface area contributed by atoms with Crippen LogP contribution < -0.4 is 14.2 Å². The molecule has 0 N–H and O–H groups in total. The standard InChI is InChI=1S/C22H17FO4/c1-25-20-10-18-19(11-21(20)26-2)27-12-15-4-3-14(9-17(15)22(18)24)13-5-7-16(23)8-6-13/h3-11H,12H2,1-2H3. The van der Waals surface area contributed by atoms with Gasteiger partial charge in [0.2, 0.25) is 0 Å². The van der Waals surface area contributed by atoms with Gasteiger partial charge in [0.15, 0.2) is 17.3 Å². The largest absolute Gasteiger partial charge is 0.493 e. The van der Waals surface area contributed by atoms with E-state index in [2.05, 4.69) is 0 Å². The molecule has 0 fully saturated rings. The van der Waals surface area contributed by atoms with E-state index in [1.54, 1.807) is 24.3 Å². The number of carbonyl (C=O) groups is 1. The molecule has 3 aromatic carbocycles. The van der Waals surface area contributed by atoms with E-state index >= 15 is 0 Å². The number of fused-ring (bicyclic) bond motifs is 2. The summed E-state index contributed by atoms with van der Waals surface area (Å²) < 4.78 is 29.7. The molecule has 0 spiro atoms. The van der Waals surface area contributed by atoms with Crippen LogP contribution in [0.2, 0.25) is 0 Å². The highest BCUT2D eigenvalue weighted by atomic mass is 19.1. The van der Waals surface area contributed by atoms with Gasteiger partial charge in [-0.3, -0.25) is 4.79 Å². The molecule has 4 nitrogen and oxygen atoms in total. The van der Waals surface area contributed by atoms with E-state index in [1.807, 2.05) is 18.2 Å². The monoisotopic (exact) mass is 364 g/mol. The summed E-state index contributed by atoms with van der Waals surface area (Å²) in [6, 6.07) is 15.1. The van der Waals surface area contributed by atoms with Crippen LogP contribution in [0.3, 0.4) is 0 Å². The zero-order valence-corrected chi connectivity index (χ0v) is 14.9. The van der Waals surface area contributed by atoms with Crippen LogP contribution in [0.15, 0.2) is 54.6 Å². The SMILES string of the molecule is COc1cc2c(cc1OC)C(=O)c1cc(-c3ccc(F)cc3)ccc1CO2. The summed E-state index contributed by atoms with van der Waals surface area (Å²) in [6.45, 7) is 0.271. The summed E-state index contributed by atoms with van der Waals surface area (Å²) in [5, 5.41) is 0. The summed E-state index contributed by atoms with van der Waals surface area (Å²) >= 11 is 0. The minimum atomic E-state index is -0.298. The lowest BCUT2D eigenvalue weighted by Crippen LogP contribution is -2.04. The predicted octanol–water partition coefficient (Wildman–Crippen LogP) is 4.63. The van der Waals surface area contributed by atoms with Gasteiger partial charge in [-0.15, -0.1) is 0 Å². The summed E-state index contributed by atoms with van der Waals surface area (Å²) in [6.07, 6.45) is 0. The Labute approximate surface area is 156 Å². The lowest BCUT2D eigenvalue weighted by atomic mass is 9.94. The molecule has 0 amide bonds. The fourth-order valence-corrected chi connectivity index (χ4v) is 3.19. The van der Waals surface area contributed by atoms with E-state index in [1.165, 1.54) is 26.4 Å². The van der Waals surface area contributed by atoms with Gasteiger partial charge in [-0.05, 0) is 35.4 Å². The first kappa shape index (κ1) is 17.1. The van der Waals surface area contributed by atoms with Gasteiger partial charge in [0, 0.05) is 17.2 Å². The molecule has 1 aliphatic rings. The second-order valence-corrected chi connectivity index (χ2v) is 6.20. The van der Waals surface area contributed by atoms with Gasteiger partial charge in [-0.1, -0.05) is 24.3 Å². The number of methoxy groups -OCH3 is 2. The molecule has 0 atom stereocenters. The quantitative estimate of drug-likeness (QED) is 0.680. The molecular weight excluding hydrogens is 347 g/mol. The van der Waals surface area contributed by atoms with Crippen LogP contribution in [-0.2, 0) is 6.61 Å². The summed E-state index contributed by atoms with van der Waals surface area (Å²) in [7, 11) is 3.05. The van der Waals surface area contributed by atoms with Gasteiger partial charge in [0.05, 0.1) is 19.8 Å². The van der Waals surface area contributed by atoms with E-state index in [9.17, 15) is 9.18 Å². The van der Waals surface area contributed by atoms with Crippen LogP contribution in [-0.4, -0.2) is 20.0 Å². The first-order valence-corrected chi connectivity index (χ1v) is 8.43. The highest BCUT2D eigenvalue weighted by Crippen LogP contribution is 2.38. The Morgan fingerprint density at radius 3 is 2.22 bits per heavy atom. The van der Waals surface area contributed by atoms with Crippen molar-refractivity contribution >= 4 is 5.78 Å². The van der Waals surface area contributed by atoms with Crippen LogP contribution in [0.25, 0.3) is 11.1 Å². The zero-order valence-electron chi connectivity index (χ0n) is 14.9. The van der Waals surface area contributed by atoms with Crippen molar-refractivity contribution in [2.24, 2.45) is 0 Å². The number of benzene rings is 3. The second-order valence-electron chi connectivity index (χ2n) is 6.20. The third-order valence-corrected chi connectivity index (χ3v) is 4.65. The molecule has 0 bridgehead atoms. The number of rotatable bonds is 3. The van der Waals surface area contributed by atoms with Crippen molar-refractivity contribution in [2.45, 2.75) is 6.61 Å². The van der Waals surface area contributed by atoms with Gasteiger partial charge in [0.25, 0.3) is 0 Å². The van der Waals surface area contributed by atoms with E-state index in [0.717, 1.165) is 16.7 Å². The van der Waals surface area contributed by atoms with Gasteiger partial charge in [0.1, 0.15) is 18.2 Å². The maximum absolute atomic E-state index is 13.2. The Kier molecular flexibility index (Phi) is 4.28. The Bertz CT molecular complexity index is 1030. The van der Waals surface area contributed by atoms with Crippen molar-refractivity contribution in [3.63, 3.8) is 0 Å². The molecule has 0 aromatic heterocycles. The average Bonchev–Trinajstić information content (AvgIpc) is 2.84. The van der Waals surface area contributed by atoms with Gasteiger partial charge < -0.3 is 14.2 Å². The smallest absolute Gasteiger partial charge is 0.197 e. The summed E-state index contributed by atoms with van der Waals surface area (Å²) in [5.41, 5.74) is 3.45. The maximum atomic E-state index is 13.2. The molecule has 0 aliphatic carbocycles. The van der Waals surface area contributed by atoms with Crippen LogP contribution in [0, 0.1) is 5.82 Å². The molecule has 27 heavy (non-hydrogen) atoms. The molecular formula is C22H17FO4. The number of hydrogen-bond acceptors (Lipinski definition) is 4. The normalized spacial score (nSPS) is 12.5. The Balaban J connectivity index is 1.82. The highest BCUT2D eigenvalue weighted by Gasteiger charge is 2.25. The van der Waals surface area contributed by atoms with Crippen LogP contribution in [0.1, 0.15) is 21.5 Å². The molecule has 0 radical (unpaired) electrons. The van der Waals surface area contributed by atoms with Crippen molar-refractivity contribution in [3.8, 4) is 28.4 Å². The molecule has 1 aliphatic heterocycles. The van der Waals surface area contributed by atoms with Gasteiger partial charge >= 0.3 is 0 Å². The Hall–Kier alpha value is -3.34. The third-order valence-electron chi connectivity index (χ3n) is 4.65. The molecule has 0 unspecified atom stereocenters. The molecule has 1 heterocycles. The first-order valence-electron chi connectivity index (χ1n) is 8.43. The first-order chi connectivity index (χ1) is 13.1. The second kappa shape index (κ2) is 6.76. The van der Waals surface area contributed by atoms with Gasteiger partial charge in [-0.2, -0.15) is 0 Å². The Morgan fingerprint density at radius 2 is 1.52 bits per heavy atom. The topological polar surface area (TPSA) is 44.8 Å². The van der Waals surface area contributed by atoms with Crippen molar-refractivity contribution in [3.05, 3.63) is 77.1 Å². The fourth-order valence-electron chi connectivity index (χ4n) is 3.19. The number of halogens is 1. The number of ketones is 1. The van der Waals surface area contributed by atoms with Crippen molar-refractivity contribution in [2.75, 3.05) is 14.2 Å². The lowest BCUT2D eigenvalue weighted by molar-refractivity contribution is 0.103. The molecule has 0 saturated carbocycles. The van der Waals surface area contributed by atoms with E-state index in [-0.39, 0.29) is 18.2 Å². The highest BCUT2D eigenvalue weighted by molar-refractivity contribution is 6.13. The fraction of sp³-hybridized carbons (Fsp3) is 0.136. The zero-order chi connectivity index (χ0) is 19.0. The minimum Gasteiger partial charge on any atom is -0.493 e. The minimum absolute atomic E-state index is 0.151. The van der Waals surface area contributed by atoms with Crippen molar-refractivity contribution in [1.29, 1.82) is 0 Å². The molecule has 4 rings (SSSR count). The van der Waals surface area contributed by atoms with Crippen molar-refractivity contribution in [1.82, 2.24) is 0 Å². The predicted molar refractivity (Wildman–Crippen MR) is 99.1 cm³/mol. The summed E-state index contributed by atoms with van der Waals surface area (Å²) in [5.74, 6) is 0.973. The number of ether oxygens (including phenoxy) is 3. The van der Waals surface area contributed by atoms with Gasteiger partial charge in [-0.25, -0.2) is 4.39 Å². The third kappa shape index (κ3) is 3.01. The average molecular weight is 364 g/mol. The van der Waals surface area contributed by atoms with Crippen LogP contribution in [0.4, 0.5) is 4.39 Å². The molecule has 3 aromatic rings. The molecule has 136 valence electrons. The lowest BCUT2D eigenvalue weighted by Gasteiger charge is -2.12. The van der Waals surface area contributed by atoms with Crippen molar-refractivity contribution < 1.29 is 23.4 Å². The van der Waals surface area contributed by atoms with E-state index in [0.29, 0.717) is 28.4 Å². The summed E-state index contributed by atoms with van der Waals surface area (Å²) in [4.78, 5) is 13.2. The number of hydrogen-bond donors (Lipinski definition) is 0. The molecule has 5 heteroatoms. The van der Waals surface area contributed by atoms with Crippen LogP contribution >= 0.6 is 0 Å².